The Morgan fingerprint density at radius 1 is 1.19 bits per heavy atom. The molecule has 2 aromatic rings. The van der Waals surface area contributed by atoms with Crippen molar-refractivity contribution in [2.45, 2.75) is 11.3 Å². The summed E-state index contributed by atoms with van der Waals surface area (Å²) in [6, 6.07) is 11.5. The Balaban J connectivity index is 2.29. The number of nitrogens with two attached hydrogens (primary N) is 1. The van der Waals surface area contributed by atoms with Gasteiger partial charge < -0.3 is 5.73 Å². The molecule has 0 saturated heterocycles. The first-order valence-corrected chi connectivity index (χ1v) is 7.44. The molecule has 0 radical (unpaired) electrons. The molecule has 0 fully saturated rings. The Kier molecular flexibility index (Phi) is 4.10. The fourth-order valence-electron chi connectivity index (χ4n) is 1.73. The van der Waals surface area contributed by atoms with Crippen LogP contribution in [-0.2, 0) is 16.4 Å². The van der Waals surface area contributed by atoms with Gasteiger partial charge in [0.15, 0.2) is 0 Å². The molecule has 0 saturated carbocycles. The Labute approximate surface area is 121 Å². The quantitative estimate of drug-likeness (QED) is 0.847. The molecule has 2 aromatic carbocycles. The number of sulfonamides is 1. The van der Waals surface area contributed by atoms with Gasteiger partial charge in [0.25, 0.3) is 10.0 Å². The van der Waals surface area contributed by atoms with Crippen LogP contribution in [0.25, 0.3) is 0 Å². The number of anilines is 2. The summed E-state index contributed by atoms with van der Waals surface area (Å²) in [5, 5.41) is 8.57. The van der Waals surface area contributed by atoms with Crippen molar-refractivity contribution in [1.82, 2.24) is 0 Å². The highest BCUT2D eigenvalue weighted by Crippen LogP contribution is 2.22. The number of nitrogen functional groups attached to an aromatic ring is 1. The topological polar surface area (TPSA) is 96.0 Å². The third kappa shape index (κ3) is 3.49. The van der Waals surface area contributed by atoms with Gasteiger partial charge in [0, 0.05) is 5.69 Å². The molecule has 7 heteroatoms. The van der Waals surface area contributed by atoms with Gasteiger partial charge in [-0.15, -0.1) is 0 Å². The van der Waals surface area contributed by atoms with Crippen LogP contribution in [-0.4, -0.2) is 8.42 Å². The number of halogens is 1. The van der Waals surface area contributed by atoms with E-state index in [1.165, 1.54) is 18.2 Å². The molecule has 2 rings (SSSR count). The number of rotatable bonds is 4. The van der Waals surface area contributed by atoms with Crippen molar-refractivity contribution in [3.05, 3.63) is 53.8 Å². The van der Waals surface area contributed by atoms with E-state index in [-0.39, 0.29) is 17.0 Å². The first kappa shape index (κ1) is 14.8. The van der Waals surface area contributed by atoms with Crippen LogP contribution in [0, 0.1) is 17.1 Å². The number of nitrogens with zero attached hydrogens (tertiary/aromatic N) is 1. The van der Waals surface area contributed by atoms with E-state index < -0.39 is 15.8 Å². The van der Waals surface area contributed by atoms with Crippen LogP contribution >= 0.6 is 0 Å². The SMILES string of the molecule is N#CCc1ccc(NS(=O)(=O)c2cc(F)ccc2N)cc1. The van der Waals surface area contributed by atoms with Gasteiger partial charge in [0.2, 0.25) is 0 Å². The molecule has 0 spiro atoms. The number of nitriles is 1. The first-order valence-electron chi connectivity index (χ1n) is 5.96. The van der Waals surface area contributed by atoms with Crippen LogP contribution in [0.4, 0.5) is 15.8 Å². The predicted molar refractivity (Wildman–Crippen MR) is 77.4 cm³/mol. The van der Waals surface area contributed by atoms with Gasteiger partial charge in [-0.2, -0.15) is 5.26 Å². The summed E-state index contributed by atoms with van der Waals surface area (Å²) in [6.45, 7) is 0. The summed E-state index contributed by atoms with van der Waals surface area (Å²) in [7, 11) is -3.97. The maximum Gasteiger partial charge on any atom is 0.264 e. The molecule has 108 valence electrons. The van der Waals surface area contributed by atoms with Gasteiger partial charge >= 0.3 is 0 Å². The zero-order valence-corrected chi connectivity index (χ0v) is 11.7. The fourth-order valence-corrected chi connectivity index (χ4v) is 2.94. The van der Waals surface area contributed by atoms with Gasteiger partial charge in [-0.1, -0.05) is 12.1 Å². The van der Waals surface area contributed by atoms with Crippen molar-refractivity contribution < 1.29 is 12.8 Å². The predicted octanol–water partition coefficient (Wildman–Crippen LogP) is 2.27. The van der Waals surface area contributed by atoms with Crippen molar-refractivity contribution in [3.63, 3.8) is 0 Å². The van der Waals surface area contributed by atoms with E-state index in [2.05, 4.69) is 4.72 Å². The monoisotopic (exact) mass is 305 g/mol. The number of benzene rings is 2. The Morgan fingerprint density at radius 3 is 2.48 bits per heavy atom. The van der Waals surface area contributed by atoms with Gasteiger partial charge in [0.05, 0.1) is 18.2 Å². The van der Waals surface area contributed by atoms with Crippen LogP contribution in [0.2, 0.25) is 0 Å². The molecule has 0 heterocycles. The van der Waals surface area contributed by atoms with Gasteiger partial charge in [0.1, 0.15) is 10.7 Å². The fraction of sp³-hybridized carbons (Fsp3) is 0.0714. The van der Waals surface area contributed by atoms with Gasteiger partial charge in [-0.25, -0.2) is 12.8 Å². The van der Waals surface area contributed by atoms with Crippen LogP contribution in [0.3, 0.4) is 0 Å². The molecule has 0 amide bonds. The summed E-state index contributed by atoms with van der Waals surface area (Å²) in [6.07, 6.45) is 0.240. The highest BCUT2D eigenvalue weighted by Gasteiger charge is 2.18. The van der Waals surface area contributed by atoms with Crippen LogP contribution in [0.1, 0.15) is 5.56 Å². The van der Waals surface area contributed by atoms with Crippen LogP contribution in [0.15, 0.2) is 47.4 Å². The summed E-state index contributed by atoms with van der Waals surface area (Å²) in [5.74, 6) is -0.686. The second kappa shape index (κ2) is 5.81. The lowest BCUT2D eigenvalue weighted by molar-refractivity contribution is 0.596. The lowest BCUT2D eigenvalue weighted by Gasteiger charge is -2.10. The lowest BCUT2D eigenvalue weighted by Crippen LogP contribution is -2.15. The van der Waals surface area contributed by atoms with Crippen molar-refractivity contribution >= 4 is 21.4 Å². The molecule has 0 aromatic heterocycles. The van der Waals surface area contributed by atoms with Crippen molar-refractivity contribution in [3.8, 4) is 6.07 Å². The largest absolute Gasteiger partial charge is 0.398 e. The van der Waals surface area contributed by atoms with E-state index in [0.717, 1.165) is 17.7 Å². The minimum absolute atomic E-state index is 0.0370. The molecule has 0 unspecified atom stereocenters. The third-order valence-corrected chi connectivity index (χ3v) is 4.19. The average Bonchev–Trinajstić information content (AvgIpc) is 2.43. The molecule has 3 N–H and O–H groups in total. The lowest BCUT2D eigenvalue weighted by atomic mass is 10.1. The maximum absolute atomic E-state index is 13.2. The van der Waals surface area contributed by atoms with Crippen LogP contribution in [0.5, 0.6) is 0 Å². The third-order valence-electron chi connectivity index (χ3n) is 2.75. The van der Waals surface area contributed by atoms with E-state index in [1.54, 1.807) is 12.1 Å². The molecule has 0 atom stereocenters. The molecular formula is C14H12FN3O2S. The van der Waals surface area contributed by atoms with E-state index in [4.69, 9.17) is 11.0 Å². The molecule has 0 aliphatic rings. The van der Waals surface area contributed by atoms with E-state index in [0.29, 0.717) is 5.69 Å². The number of hydrogen-bond acceptors (Lipinski definition) is 4. The Bertz CT molecular complexity index is 796. The minimum Gasteiger partial charge on any atom is -0.398 e. The van der Waals surface area contributed by atoms with Gasteiger partial charge in [-0.05, 0) is 35.9 Å². The first-order chi connectivity index (χ1) is 9.92. The second-order valence-electron chi connectivity index (χ2n) is 4.32. The molecule has 0 bridgehead atoms. The molecule has 5 nitrogen and oxygen atoms in total. The van der Waals surface area contributed by atoms with Gasteiger partial charge in [-0.3, -0.25) is 4.72 Å². The average molecular weight is 305 g/mol. The highest BCUT2D eigenvalue weighted by atomic mass is 32.2. The number of hydrogen-bond donors (Lipinski definition) is 2. The molecule has 0 aliphatic heterocycles. The summed E-state index contributed by atoms with van der Waals surface area (Å²) in [5.41, 5.74) is 6.61. The second-order valence-corrected chi connectivity index (χ2v) is 5.97. The van der Waals surface area contributed by atoms with Crippen molar-refractivity contribution in [1.29, 1.82) is 5.26 Å². The van der Waals surface area contributed by atoms with Crippen molar-refractivity contribution in [2.75, 3.05) is 10.5 Å². The van der Waals surface area contributed by atoms with E-state index in [9.17, 15) is 12.8 Å². The summed E-state index contributed by atoms with van der Waals surface area (Å²) in [4.78, 5) is -0.316. The smallest absolute Gasteiger partial charge is 0.264 e. The highest BCUT2D eigenvalue weighted by molar-refractivity contribution is 7.92. The summed E-state index contributed by atoms with van der Waals surface area (Å²) < 4.78 is 39.8. The standard InChI is InChI=1S/C14H12FN3O2S/c15-11-3-6-13(17)14(9-11)21(19,20)18-12-4-1-10(2-5-12)7-8-16/h1-6,9,18H,7,17H2. The zero-order valence-electron chi connectivity index (χ0n) is 10.9. The summed E-state index contributed by atoms with van der Waals surface area (Å²) >= 11 is 0. The van der Waals surface area contributed by atoms with Crippen LogP contribution < -0.4 is 10.5 Å². The molecular weight excluding hydrogens is 293 g/mol. The molecule has 21 heavy (non-hydrogen) atoms. The Hall–Kier alpha value is -2.59. The normalized spacial score (nSPS) is 10.9. The maximum atomic E-state index is 13.2. The molecule has 0 aliphatic carbocycles. The minimum atomic E-state index is -3.97. The van der Waals surface area contributed by atoms with E-state index in [1.807, 2.05) is 6.07 Å². The Morgan fingerprint density at radius 2 is 1.86 bits per heavy atom. The van der Waals surface area contributed by atoms with Crippen molar-refractivity contribution in [2.24, 2.45) is 0 Å². The zero-order chi connectivity index (χ0) is 15.5. The number of nitrogens with one attached hydrogen (secondary N) is 1. The van der Waals surface area contributed by atoms with E-state index >= 15 is 0 Å².